The molecule has 1 saturated heterocycles. The summed E-state index contributed by atoms with van der Waals surface area (Å²) in [7, 11) is -2.27. The Morgan fingerprint density at radius 1 is 1.27 bits per heavy atom. The minimum Gasteiger partial charge on any atom is -0.495 e. The van der Waals surface area contributed by atoms with Crippen LogP contribution in [-0.2, 0) is 21.4 Å². The Morgan fingerprint density at radius 2 is 2.03 bits per heavy atom. The SMILES string of the molecule is C=CCn1c(SCC(=O)Nc2ccc(OC)c(S(=O)(=O)N3CCCCC3)c2)nnc1C1CC1. The molecular formula is C22H29N5O4S2. The molecule has 1 saturated carbocycles. The van der Waals surface area contributed by atoms with E-state index in [1.165, 1.54) is 29.2 Å². The van der Waals surface area contributed by atoms with Gasteiger partial charge in [0.15, 0.2) is 5.16 Å². The lowest BCUT2D eigenvalue weighted by Crippen LogP contribution is -2.35. The number of carbonyl (C=O) groups is 1. The molecule has 2 heterocycles. The fraction of sp³-hybridized carbons (Fsp3) is 0.500. The smallest absolute Gasteiger partial charge is 0.246 e. The molecule has 1 aromatic carbocycles. The Labute approximate surface area is 198 Å². The van der Waals surface area contributed by atoms with Crippen LogP contribution in [0.3, 0.4) is 0 Å². The van der Waals surface area contributed by atoms with Crippen molar-refractivity contribution in [3.05, 3.63) is 36.7 Å². The molecule has 11 heteroatoms. The lowest BCUT2D eigenvalue weighted by atomic mass is 10.2. The van der Waals surface area contributed by atoms with Gasteiger partial charge in [0, 0.05) is 31.2 Å². The van der Waals surface area contributed by atoms with Crippen LogP contribution >= 0.6 is 11.8 Å². The van der Waals surface area contributed by atoms with Gasteiger partial charge in [-0.3, -0.25) is 4.79 Å². The first-order valence-electron chi connectivity index (χ1n) is 11.1. The van der Waals surface area contributed by atoms with Crippen molar-refractivity contribution in [1.29, 1.82) is 0 Å². The number of benzene rings is 1. The number of carbonyl (C=O) groups excluding carboxylic acids is 1. The van der Waals surface area contributed by atoms with Crippen molar-refractivity contribution in [1.82, 2.24) is 19.1 Å². The number of hydrogen-bond acceptors (Lipinski definition) is 7. The number of nitrogens with zero attached hydrogens (tertiary/aromatic N) is 4. The van der Waals surface area contributed by atoms with Crippen LogP contribution in [0.4, 0.5) is 5.69 Å². The zero-order valence-corrected chi connectivity index (χ0v) is 20.3. The average Bonchev–Trinajstić information content (AvgIpc) is 3.59. The van der Waals surface area contributed by atoms with E-state index in [0.717, 1.165) is 37.9 Å². The number of sulfonamides is 1. The normalized spacial score (nSPS) is 17.0. The predicted molar refractivity (Wildman–Crippen MR) is 127 cm³/mol. The number of aromatic nitrogens is 3. The molecule has 0 bridgehead atoms. The Kier molecular flexibility index (Phi) is 7.40. The molecule has 1 aliphatic carbocycles. The molecule has 0 spiro atoms. The first-order chi connectivity index (χ1) is 15.9. The monoisotopic (exact) mass is 491 g/mol. The molecule has 9 nitrogen and oxygen atoms in total. The second kappa shape index (κ2) is 10.3. The lowest BCUT2D eigenvalue weighted by molar-refractivity contribution is -0.113. The van der Waals surface area contributed by atoms with Gasteiger partial charge in [0.1, 0.15) is 16.5 Å². The van der Waals surface area contributed by atoms with Gasteiger partial charge in [-0.1, -0.05) is 24.3 Å². The summed E-state index contributed by atoms with van der Waals surface area (Å²) in [5, 5.41) is 12.0. The second-order valence-corrected chi connectivity index (χ2v) is 11.0. The van der Waals surface area contributed by atoms with Gasteiger partial charge >= 0.3 is 0 Å². The lowest BCUT2D eigenvalue weighted by Gasteiger charge is -2.26. The molecule has 2 aromatic rings. The molecule has 1 amide bonds. The van der Waals surface area contributed by atoms with E-state index in [2.05, 4.69) is 22.1 Å². The molecule has 1 N–H and O–H groups in total. The molecule has 0 unspecified atom stereocenters. The van der Waals surface area contributed by atoms with E-state index in [9.17, 15) is 13.2 Å². The summed E-state index contributed by atoms with van der Waals surface area (Å²) < 4.78 is 35.1. The highest BCUT2D eigenvalue weighted by molar-refractivity contribution is 7.99. The number of rotatable bonds is 10. The van der Waals surface area contributed by atoms with Crippen LogP contribution < -0.4 is 10.1 Å². The number of anilines is 1. The van der Waals surface area contributed by atoms with Gasteiger partial charge in [0.05, 0.1) is 12.9 Å². The van der Waals surface area contributed by atoms with Gasteiger partial charge < -0.3 is 14.6 Å². The second-order valence-electron chi connectivity index (χ2n) is 8.18. The fourth-order valence-electron chi connectivity index (χ4n) is 3.88. The van der Waals surface area contributed by atoms with E-state index < -0.39 is 10.0 Å². The summed E-state index contributed by atoms with van der Waals surface area (Å²) >= 11 is 1.30. The molecule has 4 rings (SSSR count). The Bertz CT molecular complexity index is 1120. The molecular weight excluding hydrogens is 462 g/mol. The van der Waals surface area contributed by atoms with Crippen LogP contribution in [0.5, 0.6) is 5.75 Å². The predicted octanol–water partition coefficient (Wildman–Crippen LogP) is 3.26. The third kappa shape index (κ3) is 5.42. The summed E-state index contributed by atoms with van der Waals surface area (Å²) in [6.07, 6.45) is 6.73. The number of nitrogens with one attached hydrogen (secondary N) is 1. The van der Waals surface area contributed by atoms with Crippen molar-refractivity contribution in [2.24, 2.45) is 0 Å². The molecule has 2 fully saturated rings. The van der Waals surface area contributed by atoms with Crippen LogP contribution in [0.15, 0.2) is 40.9 Å². The van der Waals surface area contributed by atoms with Gasteiger partial charge in [-0.05, 0) is 43.9 Å². The molecule has 1 aliphatic heterocycles. The summed E-state index contributed by atoms with van der Waals surface area (Å²) in [6.45, 7) is 5.38. The number of piperidine rings is 1. The van der Waals surface area contributed by atoms with Crippen LogP contribution in [0, 0.1) is 0 Å². The maximum absolute atomic E-state index is 13.2. The van der Waals surface area contributed by atoms with Crippen LogP contribution in [-0.4, -0.2) is 59.3 Å². The Balaban J connectivity index is 1.45. The number of methoxy groups -OCH3 is 1. The molecule has 2 aliphatic rings. The minimum atomic E-state index is -3.71. The first kappa shape index (κ1) is 23.8. The first-order valence-corrected chi connectivity index (χ1v) is 13.5. The van der Waals surface area contributed by atoms with Crippen LogP contribution in [0.25, 0.3) is 0 Å². The van der Waals surface area contributed by atoms with Crippen molar-refractivity contribution in [2.75, 3.05) is 31.3 Å². The highest BCUT2D eigenvalue weighted by atomic mass is 32.2. The average molecular weight is 492 g/mol. The van der Waals surface area contributed by atoms with Crippen molar-refractivity contribution in [3.63, 3.8) is 0 Å². The van der Waals surface area contributed by atoms with E-state index in [0.29, 0.717) is 36.4 Å². The molecule has 33 heavy (non-hydrogen) atoms. The minimum absolute atomic E-state index is 0.0668. The van der Waals surface area contributed by atoms with Gasteiger partial charge in [-0.2, -0.15) is 4.31 Å². The largest absolute Gasteiger partial charge is 0.495 e. The van der Waals surface area contributed by atoms with Gasteiger partial charge in [-0.15, -0.1) is 16.8 Å². The molecule has 0 radical (unpaired) electrons. The van der Waals surface area contributed by atoms with E-state index in [4.69, 9.17) is 4.74 Å². The number of amides is 1. The molecule has 1 aromatic heterocycles. The summed E-state index contributed by atoms with van der Waals surface area (Å²) in [5.74, 6) is 1.52. The van der Waals surface area contributed by atoms with Crippen LogP contribution in [0.1, 0.15) is 43.8 Å². The quantitative estimate of drug-likeness (QED) is 0.402. The highest BCUT2D eigenvalue weighted by Gasteiger charge is 2.31. The Morgan fingerprint density at radius 3 is 2.70 bits per heavy atom. The fourth-order valence-corrected chi connectivity index (χ4v) is 6.33. The summed E-state index contributed by atoms with van der Waals surface area (Å²) in [6, 6.07) is 4.68. The topological polar surface area (TPSA) is 106 Å². The van der Waals surface area contributed by atoms with Gasteiger partial charge in [0.2, 0.25) is 15.9 Å². The number of ether oxygens (including phenoxy) is 1. The van der Waals surface area contributed by atoms with Crippen molar-refractivity contribution in [2.45, 2.75) is 54.6 Å². The highest BCUT2D eigenvalue weighted by Crippen LogP contribution is 2.40. The molecule has 0 atom stereocenters. The Hall–Kier alpha value is -2.37. The van der Waals surface area contributed by atoms with Crippen molar-refractivity contribution in [3.8, 4) is 5.75 Å². The number of hydrogen-bond donors (Lipinski definition) is 1. The number of thioether (sulfide) groups is 1. The van der Waals surface area contributed by atoms with Gasteiger partial charge in [0.25, 0.3) is 0 Å². The maximum atomic E-state index is 13.2. The van der Waals surface area contributed by atoms with E-state index in [1.54, 1.807) is 18.2 Å². The summed E-state index contributed by atoms with van der Waals surface area (Å²) in [4.78, 5) is 12.7. The summed E-state index contributed by atoms with van der Waals surface area (Å²) in [5.41, 5.74) is 0.406. The van der Waals surface area contributed by atoms with Gasteiger partial charge in [-0.25, -0.2) is 8.42 Å². The van der Waals surface area contributed by atoms with E-state index >= 15 is 0 Å². The van der Waals surface area contributed by atoms with E-state index in [1.807, 2.05) is 4.57 Å². The third-order valence-electron chi connectivity index (χ3n) is 5.71. The van der Waals surface area contributed by atoms with E-state index in [-0.39, 0.29) is 22.3 Å². The zero-order valence-electron chi connectivity index (χ0n) is 18.7. The number of allylic oxidation sites excluding steroid dienone is 1. The zero-order chi connectivity index (χ0) is 23.4. The standard InChI is InChI=1S/C22H29N5O4S2/c1-3-11-27-21(16-7-8-16)24-25-22(27)32-15-20(28)23-17-9-10-18(31-2)19(14-17)33(29,30)26-12-5-4-6-13-26/h3,9-10,14,16H,1,4-8,11-13,15H2,2H3,(H,23,28). The maximum Gasteiger partial charge on any atom is 0.246 e. The third-order valence-corrected chi connectivity index (χ3v) is 8.60. The molecule has 178 valence electrons. The van der Waals surface area contributed by atoms with Crippen molar-refractivity contribution < 1.29 is 17.9 Å². The van der Waals surface area contributed by atoms with Crippen LogP contribution in [0.2, 0.25) is 0 Å². The van der Waals surface area contributed by atoms with Crippen molar-refractivity contribution >= 4 is 33.4 Å².